The van der Waals surface area contributed by atoms with Gasteiger partial charge in [0.15, 0.2) is 5.78 Å². The van der Waals surface area contributed by atoms with Crippen molar-refractivity contribution in [2.45, 2.75) is 13.5 Å². The van der Waals surface area contributed by atoms with Crippen molar-refractivity contribution < 1.29 is 9.18 Å². The monoisotopic (exact) mass is 246 g/mol. The SMILES string of the molecule is Cc1cnn(CC(=O)c2ccccc2F)c(=O)c1. The minimum Gasteiger partial charge on any atom is -0.292 e. The van der Waals surface area contributed by atoms with Crippen LogP contribution in [-0.2, 0) is 6.54 Å². The molecule has 0 amide bonds. The predicted octanol–water partition coefficient (Wildman–Crippen LogP) is 1.57. The van der Waals surface area contributed by atoms with Crippen LogP contribution in [0.1, 0.15) is 15.9 Å². The Kier molecular flexibility index (Phi) is 3.32. The van der Waals surface area contributed by atoms with E-state index in [0.717, 1.165) is 10.2 Å². The Morgan fingerprint density at radius 3 is 2.78 bits per heavy atom. The number of benzene rings is 1. The van der Waals surface area contributed by atoms with Crippen molar-refractivity contribution in [3.8, 4) is 0 Å². The summed E-state index contributed by atoms with van der Waals surface area (Å²) in [7, 11) is 0. The van der Waals surface area contributed by atoms with Crippen LogP contribution < -0.4 is 5.56 Å². The van der Waals surface area contributed by atoms with Gasteiger partial charge in [-0.25, -0.2) is 9.07 Å². The van der Waals surface area contributed by atoms with Crippen molar-refractivity contribution in [2.24, 2.45) is 0 Å². The molecule has 0 saturated heterocycles. The average Bonchev–Trinajstić information content (AvgIpc) is 2.33. The largest absolute Gasteiger partial charge is 0.292 e. The second kappa shape index (κ2) is 4.91. The molecule has 0 aliphatic heterocycles. The highest BCUT2D eigenvalue weighted by Crippen LogP contribution is 2.07. The molecule has 4 nitrogen and oxygen atoms in total. The topological polar surface area (TPSA) is 52.0 Å². The number of aromatic nitrogens is 2. The van der Waals surface area contributed by atoms with Gasteiger partial charge in [0.05, 0.1) is 11.8 Å². The Morgan fingerprint density at radius 2 is 2.11 bits per heavy atom. The molecule has 2 aromatic rings. The maximum Gasteiger partial charge on any atom is 0.267 e. The van der Waals surface area contributed by atoms with Crippen molar-refractivity contribution >= 4 is 5.78 Å². The molecule has 0 atom stereocenters. The third kappa shape index (κ3) is 2.51. The Morgan fingerprint density at radius 1 is 1.39 bits per heavy atom. The standard InChI is InChI=1S/C13H11FN2O2/c1-9-6-13(18)16(15-7-9)8-12(17)10-4-2-3-5-11(10)14/h2-7H,8H2,1H3. The van der Waals surface area contributed by atoms with E-state index in [9.17, 15) is 14.0 Å². The molecule has 1 aromatic heterocycles. The number of nitrogens with zero attached hydrogens (tertiary/aromatic N) is 2. The number of carbonyl (C=O) groups excluding carboxylic acids is 1. The molecule has 0 radical (unpaired) electrons. The van der Waals surface area contributed by atoms with Crippen LogP contribution in [0.15, 0.2) is 41.3 Å². The van der Waals surface area contributed by atoms with Gasteiger partial charge in [0.1, 0.15) is 12.4 Å². The summed E-state index contributed by atoms with van der Waals surface area (Å²) in [5.74, 6) is -1.07. The van der Waals surface area contributed by atoms with Gasteiger partial charge in [-0.3, -0.25) is 9.59 Å². The first-order chi connectivity index (χ1) is 8.58. The fraction of sp³-hybridized carbons (Fsp3) is 0.154. The summed E-state index contributed by atoms with van der Waals surface area (Å²) in [6, 6.07) is 7.04. The van der Waals surface area contributed by atoms with E-state index in [4.69, 9.17) is 0 Å². The van der Waals surface area contributed by atoms with Gasteiger partial charge in [-0.05, 0) is 24.6 Å². The zero-order valence-electron chi connectivity index (χ0n) is 9.76. The third-order valence-corrected chi connectivity index (χ3v) is 2.47. The Labute approximate surface area is 103 Å². The summed E-state index contributed by atoms with van der Waals surface area (Å²) >= 11 is 0. The minimum absolute atomic E-state index is 0.0354. The number of hydrogen-bond donors (Lipinski definition) is 0. The van der Waals surface area contributed by atoms with Crippen LogP contribution in [0.3, 0.4) is 0 Å². The Hall–Kier alpha value is -2.30. The van der Waals surface area contributed by atoms with Crippen molar-refractivity contribution in [1.29, 1.82) is 0 Å². The second-order valence-corrected chi connectivity index (χ2v) is 3.93. The number of rotatable bonds is 3. The molecule has 0 fully saturated rings. The van der Waals surface area contributed by atoms with Crippen LogP contribution in [0.4, 0.5) is 4.39 Å². The number of Topliss-reactive ketones (excluding diaryl/α,β-unsaturated/α-hetero) is 1. The molecule has 0 unspecified atom stereocenters. The molecule has 1 aromatic carbocycles. The molecule has 0 aliphatic rings. The molecule has 18 heavy (non-hydrogen) atoms. The van der Waals surface area contributed by atoms with Crippen LogP contribution in [0, 0.1) is 12.7 Å². The zero-order valence-corrected chi connectivity index (χ0v) is 9.76. The van der Waals surface area contributed by atoms with Gasteiger partial charge in [-0.1, -0.05) is 12.1 Å². The number of halogens is 1. The fourth-order valence-electron chi connectivity index (χ4n) is 1.55. The lowest BCUT2D eigenvalue weighted by Gasteiger charge is -2.04. The lowest BCUT2D eigenvalue weighted by atomic mass is 10.1. The summed E-state index contributed by atoms with van der Waals surface area (Å²) in [5, 5.41) is 3.83. The van der Waals surface area contributed by atoms with Crippen LogP contribution >= 0.6 is 0 Å². The number of ketones is 1. The smallest absolute Gasteiger partial charge is 0.267 e. The molecule has 1 heterocycles. The molecular formula is C13H11FN2O2. The highest BCUT2D eigenvalue weighted by Gasteiger charge is 2.12. The molecular weight excluding hydrogens is 235 g/mol. The molecule has 2 rings (SSSR count). The second-order valence-electron chi connectivity index (χ2n) is 3.93. The van der Waals surface area contributed by atoms with E-state index in [0.29, 0.717) is 0 Å². The van der Waals surface area contributed by atoms with E-state index < -0.39 is 11.6 Å². The van der Waals surface area contributed by atoms with Crippen molar-refractivity contribution in [3.63, 3.8) is 0 Å². The Balaban J connectivity index is 2.27. The highest BCUT2D eigenvalue weighted by atomic mass is 19.1. The number of hydrogen-bond acceptors (Lipinski definition) is 3. The number of aryl methyl sites for hydroxylation is 1. The Bertz CT molecular complexity index is 649. The summed E-state index contributed by atoms with van der Waals surface area (Å²) in [5.41, 5.74) is 0.307. The van der Waals surface area contributed by atoms with Crippen LogP contribution in [0.25, 0.3) is 0 Å². The average molecular weight is 246 g/mol. The minimum atomic E-state index is -0.595. The molecule has 0 saturated carbocycles. The molecule has 0 spiro atoms. The quantitative estimate of drug-likeness (QED) is 0.772. The lowest BCUT2D eigenvalue weighted by molar-refractivity contribution is 0.0961. The van der Waals surface area contributed by atoms with Crippen molar-refractivity contribution in [3.05, 3.63) is 63.8 Å². The van der Waals surface area contributed by atoms with E-state index in [1.165, 1.54) is 30.5 Å². The van der Waals surface area contributed by atoms with Gasteiger partial charge < -0.3 is 0 Å². The van der Waals surface area contributed by atoms with Crippen LogP contribution in [0.2, 0.25) is 0 Å². The van der Waals surface area contributed by atoms with Gasteiger partial charge in [0, 0.05) is 6.07 Å². The van der Waals surface area contributed by atoms with E-state index >= 15 is 0 Å². The summed E-state index contributed by atoms with van der Waals surface area (Å²) < 4.78 is 14.4. The summed E-state index contributed by atoms with van der Waals surface area (Å²) in [6.07, 6.45) is 1.48. The number of carbonyl (C=O) groups is 1. The van der Waals surface area contributed by atoms with Gasteiger partial charge in [-0.2, -0.15) is 5.10 Å². The van der Waals surface area contributed by atoms with E-state index in [2.05, 4.69) is 5.10 Å². The molecule has 5 heteroatoms. The van der Waals surface area contributed by atoms with Gasteiger partial charge >= 0.3 is 0 Å². The lowest BCUT2D eigenvalue weighted by Crippen LogP contribution is -2.26. The summed E-state index contributed by atoms with van der Waals surface area (Å²) in [6.45, 7) is 1.47. The van der Waals surface area contributed by atoms with Gasteiger partial charge in [0.2, 0.25) is 0 Å². The van der Waals surface area contributed by atoms with Crippen molar-refractivity contribution in [1.82, 2.24) is 9.78 Å². The van der Waals surface area contributed by atoms with Crippen LogP contribution in [-0.4, -0.2) is 15.6 Å². The van der Waals surface area contributed by atoms with E-state index in [1.807, 2.05) is 0 Å². The first kappa shape index (κ1) is 12.2. The molecule has 0 aliphatic carbocycles. The first-order valence-electron chi connectivity index (χ1n) is 5.39. The van der Waals surface area contributed by atoms with Crippen molar-refractivity contribution in [2.75, 3.05) is 0 Å². The normalized spacial score (nSPS) is 10.3. The molecule has 92 valence electrons. The highest BCUT2D eigenvalue weighted by molar-refractivity contribution is 5.96. The van der Waals surface area contributed by atoms with Gasteiger partial charge in [0.25, 0.3) is 5.56 Å². The fourth-order valence-corrected chi connectivity index (χ4v) is 1.55. The van der Waals surface area contributed by atoms with E-state index in [1.54, 1.807) is 13.0 Å². The van der Waals surface area contributed by atoms with E-state index in [-0.39, 0.29) is 17.7 Å². The summed E-state index contributed by atoms with van der Waals surface area (Å²) in [4.78, 5) is 23.4. The molecule has 0 N–H and O–H groups in total. The maximum atomic E-state index is 13.4. The van der Waals surface area contributed by atoms with Crippen LogP contribution in [0.5, 0.6) is 0 Å². The first-order valence-corrected chi connectivity index (χ1v) is 5.39. The van der Waals surface area contributed by atoms with Gasteiger partial charge in [-0.15, -0.1) is 0 Å². The molecule has 0 bridgehead atoms. The maximum absolute atomic E-state index is 13.4. The third-order valence-electron chi connectivity index (χ3n) is 2.47. The predicted molar refractivity (Wildman–Crippen MR) is 64.0 cm³/mol. The zero-order chi connectivity index (χ0) is 13.1.